The van der Waals surface area contributed by atoms with Crippen molar-refractivity contribution in [3.63, 3.8) is 0 Å². The molecule has 0 radical (unpaired) electrons. The standard InChI is InChI=1S/C22H23BrN6O3S/c1-4-12-28-20(16-10-11-17(23)32-16)25-26-22(28)33-13-18(30)24-19-14(2)27(3)29(21(19)31)15-8-6-5-7-9-15/h5-11H,4,12-13H2,1-3H3,(H,24,30). The van der Waals surface area contributed by atoms with E-state index in [0.29, 0.717) is 33.6 Å². The van der Waals surface area contributed by atoms with Crippen molar-refractivity contribution in [2.75, 3.05) is 11.1 Å². The van der Waals surface area contributed by atoms with Crippen molar-refractivity contribution >= 4 is 39.3 Å². The molecule has 0 spiro atoms. The summed E-state index contributed by atoms with van der Waals surface area (Å²) < 4.78 is 11.4. The van der Waals surface area contributed by atoms with Gasteiger partial charge in [0.05, 0.1) is 17.1 Å². The van der Waals surface area contributed by atoms with Crippen molar-refractivity contribution < 1.29 is 9.21 Å². The Hall–Kier alpha value is -3.05. The summed E-state index contributed by atoms with van der Waals surface area (Å²) in [5, 5.41) is 11.9. The molecule has 0 unspecified atom stereocenters. The second-order valence-electron chi connectivity index (χ2n) is 7.33. The van der Waals surface area contributed by atoms with Gasteiger partial charge in [0, 0.05) is 13.6 Å². The van der Waals surface area contributed by atoms with Crippen molar-refractivity contribution in [1.82, 2.24) is 24.1 Å². The zero-order valence-corrected chi connectivity index (χ0v) is 20.8. The number of anilines is 1. The van der Waals surface area contributed by atoms with Gasteiger partial charge in [-0.05, 0) is 53.5 Å². The molecular formula is C22H23BrN6O3S. The number of halogens is 1. The van der Waals surface area contributed by atoms with Crippen LogP contribution >= 0.6 is 27.7 Å². The van der Waals surface area contributed by atoms with Gasteiger partial charge in [-0.1, -0.05) is 36.9 Å². The monoisotopic (exact) mass is 530 g/mol. The Morgan fingerprint density at radius 2 is 1.94 bits per heavy atom. The summed E-state index contributed by atoms with van der Waals surface area (Å²) >= 11 is 4.57. The predicted molar refractivity (Wildman–Crippen MR) is 131 cm³/mol. The number of para-hydroxylation sites is 1. The molecule has 0 fully saturated rings. The zero-order valence-electron chi connectivity index (χ0n) is 18.4. The third-order valence-corrected chi connectivity index (χ3v) is 6.50. The molecule has 1 aromatic carbocycles. The molecule has 1 amide bonds. The van der Waals surface area contributed by atoms with Crippen LogP contribution in [0.4, 0.5) is 5.69 Å². The first-order valence-corrected chi connectivity index (χ1v) is 12.1. The SMILES string of the molecule is CCCn1c(SCC(=O)Nc2c(C)n(C)n(-c3ccccc3)c2=O)nnc1-c1ccc(Br)o1. The lowest BCUT2D eigenvalue weighted by Gasteiger charge is -2.08. The van der Waals surface area contributed by atoms with Crippen LogP contribution in [0.25, 0.3) is 17.3 Å². The van der Waals surface area contributed by atoms with Gasteiger partial charge in [0.25, 0.3) is 5.56 Å². The minimum absolute atomic E-state index is 0.0861. The maximum Gasteiger partial charge on any atom is 0.295 e. The highest BCUT2D eigenvalue weighted by Crippen LogP contribution is 2.27. The van der Waals surface area contributed by atoms with E-state index in [2.05, 4.69) is 38.4 Å². The van der Waals surface area contributed by atoms with Crippen LogP contribution in [-0.4, -0.2) is 35.8 Å². The first-order valence-electron chi connectivity index (χ1n) is 10.4. The highest BCUT2D eigenvalue weighted by atomic mass is 79.9. The number of carbonyl (C=O) groups is 1. The lowest BCUT2D eigenvalue weighted by Crippen LogP contribution is -2.23. The molecule has 0 atom stereocenters. The number of thioether (sulfide) groups is 1. The quantitative estimate of drug-likeness (QED) is 0.342. The smallest absolute Gasteiger partial charge is 0.295 e. The number of benzene rings is 1. The van der Waals surface area contributed by atoms with Crippen molar-refractivity contribution in [3.05, 3.63) is 63.2 Å². The van der Waals surface area contributed by atoms with Crippen LogP contribution in [0.15, 0.2) is 61.5 Å². The van der Waals surface area contributed by atoms with Crippen LogP contribution in [-0.2, 0) is 18.4 Å². The number of amides is 1. The molecular weight excluding hydrogens is 508 g/mol. The first kappa shape index (κ1) is 23.1. The second-order valence-corrected chi connectivity index (χ2v) is 9.06. The van der Waals surface area contributed by atoms with Crippen LogP contribution in [0.2, 0.25) is 0 Å². The van der Waals surface area contributed by atoms with Gasteiger partial charge in [0.2, 0.25) is 11.7 Å². The molecule has 4 rings (SSSR count). The topological polar surface area (TPSA) is 99.9 Å². The fourth-order valence-electron chi connectivity index (χ4n) is 3.46. The molecule has 0 saturated heterocycles. The Balaban J connectivity index is 1.51. The van der Waals surface area contributed by atoms with Crippen LogP contribution in [0.1, 0.15) is 19.0 Å². The summed E-state index contributed by atoms with van der Waals surface area (Å²) in [6, 6.07) is 12.9. The highest BCUT2D eigenvalue weighted by molar-refractivity contribution is 9.10. The average molecular weight is 531 g/mol. The first-order chi connectivity index (χ1) is 15.9. The van der Waals surface area contributed by atoms with Crippen molar-refractivity contribution in [1.29, 1.82) is 0 Å². The summed E-state index contributed by atoms with van der Waals surface area (Å²) in [7, 11) is 1.79. The molecule has 0 aliphatic carbocycles. The van der Waals surface area contributed by atoms with Gasteiger partial charge in [0.1, 0.15) is 5.69 Å². The minimum Gasteiger partial charge on any atom is -0.446 e. The molecule has 1 N–H and O–H groups in total. The summed E-state index contributed by atoms with van der Waals surface area (Å²) in [5.41, 5.74) is 1.39. The van der Waals surface area contributed by atoms with Gasteiger partial charge < -0.3 is 9.73 Å². The van der Waals surface area contributed by atoms with Gasteiger partial charge in [-0.3, -0.25) is 18.8 Å². The third-order valence-electron chi connectivity index (χ3n) is 5.11. The lowest BCUT2D eigenvalue weighted by atomic mass is 10.3. The fraction of sp³-hybridized carbons (Fsp3) is 0.273. The van der Waals surface area contributed by atoms with E-state index >= 15 is 0 Å². The third kappa shape index (κ3) is 4.69. The molecule has 0 aliphatic heterocycles. The number of nitrogens with one attached hydrogen (secondary N) is 1. The van der Waals surface area contributed by atoms with Gasteiger partial charge in [0.15, 0.2) is 15.6 Å². The van der Waals surface area contributed by atoms with Crippen LogP contribution < -0.4 is 10.9 Å². The fourth-order valence-corrected chi connectivity index (χ4v) is 4.53. The molecule has 0 saturated carbocycles. The van der Waals surface area contributed by atoms with Gasteiger partial charge >= 0.3 is 0 Å². The molecule has 11 heteroatoms. The average Bonchev–Trinajstić information content (AvgIpc) is 3.47. The lowest BCUT2D eigenvalue weighted by molar-refractivity contribution is -0.113. The highest BCUT2D eigenvalue weighted by Gasteiger charge is 2.20. The van der Waals surface area contributed by atoms with Gasteiger partial charge in [-0.25, -0.2) is 4.68 Å². The maximum atomic E-state index is 13.0. The van der Waals surface area contributed by atoms with Crippen molar-refractivity contribution in [2.24, 2.45) is 7.05 Å². The number of rotatable bonds is 8. The molecule has 172 valence electrons. The molecule has 0 bridgehead atoms. The zero-order chi connectivity index (χ0) is 23.5. The molecule has 33 heavy (non-hydrogen) atoms. The van der Waals surface area contributed by atoms with E-state index in [1.807, 2.05) is 41.0 Å². The molecule has 0 aliphatic rings. The number of carbonyl (C=O) groups excluding carboxylic acids is 1. The van der Waals surface area contributed by atoms with E-state index in [-0.39, 0.29) is 22.9 Å². The van der Waals surface area contributed by atoms with E-state index in [0.717, 1.165) is 12.1 Å². The number of hydrogen-bond donors (Lipinski definition) is 1. The Morgan fingerprint density at radius 1 is 1.18 bits per heavy atom. The van der Waals surface area contributed by atoms with Crippen molar-refractivity contribution in [3.8, 4) is 17.3 Å². The largest absolute Gasteiger partial charge is 0.446 e. The number of furan rings is 1. The van der Waals surface area contributed by atoms with Gasteiger partial charge in [-0.2, -0.15) is 0 Å². The van der Waals surface area contributed by atoms with Gasteiger partial charge in [-0.15, -0.1) is 10.2 Å². The van der Waals surface area contributed by atoms with E-state index in [4.69, 9.17) is 4.42 Å². The normalized spacial score (nSPS) is 11.2. The summed E-state index contributed by atoms with van der Waals surface area (Å²) in [5.74, 6) is 0.998. The number of hydrogen-bond acceptors (Lipinski definition) is 6. The van der Waals surface area contributed by atoms with E-state index in [1.54, 1.807) is 24.7 Å². The van der Waals surface area contributed by atoms with Crippen LogP contribution in [0.3, 0.4) is 0 Å². The molecule has 3 aromatic heterocycles. The molecule has 3 heterocycles. The minimum atomic E-state index is -0.292. The number of aromatic nitrogens is 5. The van der Waals surface area contributed by atoms with Crippen LogP contribution in [0.5, 0.6) is 0 Å². The second kappa shape index (κ2) is 9.84. The Bertz CT molecular complexity index is 1340. The maximum absolute atomic E-state index is 13.0. The summed E-state index contributed by atoms with van der Waals surface area (Å²) in [6.07, 6.45) is 0.870. The summed E-state index contributed by atoms with van der Waals surface area (Å²) in [6.45, 7) is 4.54. The molecule has 4 aromatic rings. The van der Waals surface area contributed by atoms with Crippen LogP contribution in [0, 0.1) is 6.92 Å². The van der Waals surface area contributed by atoms with Crippen molar-refractivity contribution in [2.45, 2.75) is 32.0 Å². The van der Waals surface area contributed by atoms with E-state index in [1.165, 1.54) is 16.4 Å². The Labute approximate surface area is 202 Å². The predicted octanol–water partition coefficient (Wildman–Crippen LogP) is 4.24. The number of nitrogens with zero attached hydrogens (tertiary/aromatic N) is 5. The Morgan fingerprint density at radius 3 is 2.61 bits per heavy atom. The van der Waals surface area contributed by atoms with E-state index in [9.17, 15) is 9.59 Å². The van der Waals surface area contributed by atoms with E-state index < -0.39 is 0 Å². The summed E-state index contributed by atoms with van der Waals surface area (Å²) in [4.78, 5) is 25.7. The Kier molecular flexibility index (Phi) is 6.89. The molecule has 9 nitrogen and oxygen atoms in total.